The summed E-state index contributed by atoms with van der Waals surface area (Å²) in [6.07, 6.45) is 1.21. The molecule has 2 N–H and O–H groups in total. The lowest BCUT2D eigenvalue weighted by Crippen LogP contribution is -2.36. The number of nitrogens with one attached hydrogen (secondary N) is 2. The minimum atomic E-state index is -0.493. The molecule has 0 spiro atoms. The number of furan rings is 1. The van der Waals surface area contributed by atoms with Crippen LogP contribution in [0.15, 0.2) is 39.8 Å². The zero-order chi connectivity index (χ0) is 22.0. The van der Waals surface area contributed by atoms with E-state index in [9.17, 15) is 14.4 Å². The monoisotopic (exact) mass is 425 g/mol. The van der Waals surface area contributed by atoms with E-state index in [1.165, 1.54) is 18.3 Å². The molecule has 31 heavy (non-hydrogen) atoms. The number of carbonyl (C=O) groups is 2. The molecule has 3 aromatic rings. The molecule has 1 aliphatic rings. The highest BCUT2D eigenvalue weighted by Gasteiger charge is 2.25. The third-order valence-corrected chi connectivity index (χ3v) is 5.14. The van der Waals surface area contributed by atoms with Gasteiger partial charge in [-0.2, -0.15) is 0 Å². The lowest BCUT2D eigenvalue weighted by atomic mass is 10.1. The molecule has 3 heterocycles. The van der Waals surface area contributed by atoms with E-state index in [1.54, 1.807) is 6.92 Å². The van der Waals surface area contributed by atoms with Crippen molar-refractivity contribution >= 4 is 34.3 Å². The van der Waals surface area contributed by atoms with Crippen molar-refractivity contribution in [1.82, 2.24) is 14.9 Å². The van der Waals surface area contributed by atoms with Crippen molar-refractivity contribution < 1.29 is 18.7 Å². The van der Waals surface area contributed by atoms with Crippen molar-refractivity contribution in [3.63, 3.8) is 0 Å². The third kappa shape index (κ3) is 4.29. The molecule has 1 saturated heterocycles. The number of aromatic nitrogens is 2. The molecular weight excluding hydrogens is 402 g/mol. The standard InChI is InChI=1S/C21H23N5O5/c1-13-17(18-19(28)22-12-23-20(18)31-13)21(29)25(2)11-16(27)24-14-3-5-15(6-4-14)26-7-9-30-10-8-26/h3-6,12H,7-11H2,1-2H3,(H,24,27)(H,22,23,28). The molecule has 1 aliphatic heterocycles. The van der Waals surface area contributed by atoms with Gasteiger partial charge in [0.05, 0.1) is 31.6 Å². The highest BCUT2D eigenvalue weighted by atomic mass is 16.5. The van der Waals surface area contributed by atoms with Crippen LogP contribution >= 0.6 is 0 Å². The first-order valence-corrected chi connectivity index (χ1v) is 9.89. The smallest absolute Gasteiger partial charge is 0.262 e. The fourth-order valence-corrected chi connectivity index (χ4v) is 3.57. The van der Waals surface area contributed by atoms with E-state index in [2.05, 4.69) is 20.2 Å². The van der Waals surface area contributed by atoms with E-state index < -0.39 is 11.5 Å². The van der Waals surface area contributed by atoms with Crippen LogP contribution in [0.1, 0.15) is 16.1 Å². The summed E-state index contributed by atoms with van der Waals surface area (Å²) in [4.78, 5) is 47.3. The number of hydrogen-bond donors (Lipinski definition) is 2. The fraction of sp³-hybridized carbons (Fsp3) is 0.333. The first kappa shape index (κ1) is 20.6. The molecule has 2 amide bonds. The Labute approximate surface area is 177 Å². The van der Waals surface area contributed by atoms with Crippen molar-refractivity contribution in [2.45, 2.75) is 6.92 Å². The third-order valence-electron chi connectivity index (χ3n) is 5.14. The van der Waals surface area contributed by atoms with E-state index in [1.807, 2.05) is 24.3 Å². The van der Waals surface area contributed by atoms with Gasteiger partial charge in [-0.1, -0.05) is 0 Å². The van der Waals surface area contributed by atoms with Gasteiger partial charge in [-0.25, -0.2) is 4.98 Å². The van der Waals surface area contributed by atoms with Crippen molar-refractivity contribution in [3.8, 4) is 0 Å². The van der Waals surface area contributed by atoms with E-state index >= 15 is 0 Å². The number of rotatable bonds is 5. The predicted octanol–water partition coefficient (Wildman–Crippen LogP) is 1.37. The molecular formula is C21H23N5O5. The largest absolute Gasteiger partial charge is 0.442 e. The lowest BCUT2D eigenvalue weighted by molar-refractivity contribution is -0.116. The number of ether oxygens (including phenoxy) is 1. The second-order valence-electron chi connectivity index (χ2n) is 7.30. The van der Waals surface area contributed by atoms with Crippen LogP contribution in [0.5, 0.6) is 0 Å². The Morgan fingerprint density at radius 3 is 2.65 bits per heavy atom. The van der Waals surface area contributed by atoms with Gasteiger partial charge in [0.15, 0.2) is 0 Å². The van der Waals surface area contributed by atoms with Crippen molar-refractivity contribution in [2.24, 2.45) is 0 Å². The number of fused-ring (bicyclic) bond motifs is 1. The maximum Gasteiger partial charge on any atom is 0.262 e. The summed E-state index contributed by atoms with van der Waals surface area (Å²) in [5, 5.41) is 2.87. The molecule has 0 bridgehead atoms. The van der Waals surface area contributed by atoms with Crippen molar-refractivity contribution in [1.29, 1.82) is 0 Å². The predicted molar refractivity (Wildman–Crippen MR) is 114 cm³/mol. The van der Waals surface area contributed by atoms with E-state index in [0.29, 0.717) is 18.9 Å². The maximum absolute atomic E-state index is 12.9. The summed E-state index contributed by atoms with van der Waals surface area (Å²) < 4.78 is 10.8. The number of likely N-dealkylation sites (N-methyl/N-ethyl adjacent to an activating group) is 1. The molecule has 10 nitrogen and oxygen atoms in total. The quantitative estimate of drug-likeness (QED) is 0.633. The highest BCUT2D eigenvalue weighted by molar-refractivity contribution is 6.07. The minimum absolute atomic E-state index is 0.0796. The van der Waals surface area contributed by atoms with Gasteiger partial charge >= 0.3 is 0 Å². The molecule has 0 saturated carbocycles. The van der Waals surface area contributed by atoms with Crippen LogP contribution < -0.4 is 15.8 Å². The van der Waals surface area contributed by atoms with Gasteiger partial charge in [0.1, 0.15) is 11.1 Å². The first-order chi connectivity index (χ1) is 14.9. The van der Waals surface area contributed by atoms with Crippen LogP contribution in [-0.2, 0) is 9.53 Å². The van der Waals surface area contributed by atoms with Gasteiger partial charge in [-0.3, -0.25) is 14.4 Å². The zero-order valence-corrected chi connectivity index (χ0v) is 17.3. The summed E-state index contributed by atoms with van der Waals surface area (Å²) in [5.41, 5.74) is 1.42. The molecule has 2 aromatic heterocycles. The Morgan fingerprint density at radius 2 is 1.94 bits per heavy atom. The Balaban J connectivity index is 1.41. The number of anilines is 2. The van der Waals surface area contributed by atoms with Gasteiger partial charge in [-0.15, -0.1) is 0 Å². The van der Waals surface area contributed by atoms with Crippen LogP contribution in [0.3, 0.4) is 0 Å². The second kappa shape index (κ2) is 8.60. The maximum atomic E-state index is 12.9. The highest BCUT2D eigenvalue weighted by Crippen LogP contribution is 2.22. The number of H-pyrrole nitrogens is 1. The molecule has 4 rings (SSSR count). The SMILES string of the molecule is Cc1oc2nc[nH]c(=O)c2c1C(=O)N(C)CC(=O)Nc1ccc(N2CCOCC2)cc1. The molecule has 1 aromatic carbocycles. The Kier molecular flexibility index (Phi) is 5.72. The Morgan fingerprint density at radius 1 is 1.23 bits per heavy atom. The van der Waals surface area contributed by atoms with Crippen LogP contribution in [0.2, 0.25) is 0 Å². The topological polar surface area (TPSA) is 121 Å². The second-order valence-corrected chi connectivity index (χ2v) is 7.30. The molecule has 162 valence electrons. The molecule has 1 fully saturated rings. The number of benzene rings is 1. The van der Waals surface area contributed by atoms with Gasteiger partial charge in [0.25, 0.3) is 11.5 Å². The number of nitrogens with zero attached hydrogens (tertiary/aromatic N) is 3. The molecule has 0 radical (unpaired) electrons. The lowest BCUT2D eigenvalue weighted by Gasteiger charge is -2.28. The van der Waals surface area contributed by atoms with Crippen LogP contribution in [0.4, 0.5) is 11.4 Å². The minimum Gasteiger partial charge on any atom is -0.442 e. The average molecular weight is 425 g/mol. The average Bonchev–Trinajstić information content (AvgIpc) is 3.11. The van der Waals surface area contributed by atoms with Crippen molar-refractivity contribution in [3.05, 3.63) is 52.3 Å². The molecule has 0 aliphatic carbocycles. The van der Waals surface area contributed by atoms with E-state index in [0.717, 1.165) is 18.8 Å². The van der Waals surface area contributed by atoms with Gasteiger partial charge < -0.3 is 29.3 Å². The number of morpholine rings is 1. The summed E-state index contributed by atoms with van der Waals surface area (Å²) in [6.45, 7) is 4.46. The van der Waals surface area contributed by atoms with Gasteiger partial charge in [0.2, 0.25) is 11.6 Å². The molecule has 0 unspecified atom stereocenters. The van der Waals surface area contributed by atoms with Crippen LogP contribution in [-0.4, -0.2) is 66.6 Å². The number of hydrogen-bond acceptors (Lipinski definition) is 7. The van der Waals surface area contributed by atoms with Gasteiger partial charge in [-0.05, 0) is 31.2 Å². The van der Waals surface area contributed by atoms with Crippen LogP contribution in [0.25, 0.3) is 11.1 Å². The number of amides is 2. The van der Waals surface area contributed by atoms with E-state index in [4.69, 9.17) is 9.15 Å². The number of aromatic amines is 1. The number of carbonyl (C=O) groups excluding carboxylic acids is 2. The summed E-state index contributed by atoms with van der Waals surface area (Å²) >= 11 is 0. The fourth-order valence-electron chi connectivity index (χ4n) is 3.57. The molecule has 10 heteroatoms. The normalized spacial score (nSPS) is 13.9. The van der Waals surface area contributed by atoms with Gasteiger partial charge in [0, 0.05) is 31.5 Å². The Bertz CT molecular complexity index is 1160. The van der Waals surface area contributed by atoms with E-state index in [-0.39, 0.29) is 34.9 Å². The number of aryl methyl sites for hydroxylation is 1. The molecule has 0 atom stereocenters. The first-order valence-electron chi connectivity index (χ1n) is 9.89. The summed E-state index contributed by atoms with van der Waals surface area (Å²) in [6, 6.07) is 7.53. The van der Waals surface area contributed by atoms with Crippen LogP contribution in [0, 0.1) is 6.92 Å². The van der Waals surface area contributed by atoms with Crippen molar-refractivity contribution in [2.75, 3.05) is 50.1 Å². The Hall–Kier alpha value is -3.66. The summed E-state index contributed by atoms with van der Waals surface area (Å²) in [5.74, 6) is -0.574. The zero-order valence-electron chi connectivity index (χ0n) is 17.3. The summed E-state index contributed by atoms with van der Waals surface area (Å²) in [7, 11) is 1.49.